The van der Waals surface area contributed by atoms with E-state index in [1.807, 2.05) is 30.3 Å². The Morgan fingerprint density at radius 1 is 1.03 bits per heavy atom. The first-order chi connectivity index (χ1) is 14.3. The summed E-state index contributed by atoms with van der Waals surface area (Å²) in [6.07, 6.45) is 0. The number of fused-ring (bicyclic) bond motifs is 1. The number of amides is 1. The molecular formula is C24H22N2O4. The van der Waals surface area contributed by atoms with Gasteiger partial charge in [0.25, 0.3) is 5.91 Å². The number of anilines is 3. The molecule has 0 aromatic heterocycles. The van der Waals surface area contributed by atoms with Gasteiger partial charge in [-0.3, -0.25) is 9.69 Å². The molecule has 0 fully saturated rings. The fourth-order valence-corrected chi connectivity index (χ4v) is 3.30. The lowest BCUT2D eigenvalue weighted by molar-refractivity contribution is -0.131. The van der Waals surface area contributed by atoms with E-state index in [2.05, 4.69) is 0 Å². The molecule has 1 amide bonds. The van der Waals surface area contributed by atoms with Crippen LogP contribution >= 0.6 is 0 Å². The van der Waals surface area contributed by atoms with Crippen LogP contribution in [0.4, 0.5) is 17.1 Å². The number of hydrogen-bond acceptors (Lipinski definition) is 5. The average molecular weight is 402 g/mol. The first-order valence-corrected chi connectivity index (χ1v) is 9.59. The molecule has 3 aromatic carbocycles. The van der Waals surface area contributed by atoms with Crippen LogP contribution in [0.15, 0.2) is 72.8 Å². The van der Waals surface area contributed by atoms with E-state index in [4.69, 9.17) is 15.2 Å². The highest BCUT2D eigenvalue weighted by Gasteiger charge is 2.41. The van der Waals surface area contributed by atoms with Crippen LogP contribution in [-0.4, -0.2) is 17.5 Å². The van der Waals surface area contributed by atoms with Crippen LogP contribution in [0.5, 0.6) is 5.75 Å². The molecule has 4 rings (SSSR count). The van der Waals surface area contributed by atoms with Gasteiger partial charge in [0, 0.05) is 17.4 Å². The number of nitrogen functional groups attached to an aromatic ring is 1. The van der Waals surface area contributed by atoms with Crippen LogP contribution in [-0.2, 0) is 16.1 Å². The van der Waals surface area contributed by atoms with Gasteiger partial charge < -0.3 is 15.2 Å². The predicted octanol–water partition coefficient (Wildman–Crippen LogP) is 4.46. The van der Waals surface area contributed by atoms with E-state index in [0.29, 0.717) is 28.4 Å². The zero-order chi connectivity index (χ0) is 21.3. The second-order valence-electron chi connectivity index (χ2n) is 7.59. The van der Waals surface area contributed by atoms with Crippen LogP contribution in [0.1, 0.15) is 29.8 Å². The maximum absolute atomic E-state index is 13.1. The molecule has 1 heterocycles. The molecule has 1 aliphatic rings. The summed E-state index contributed by atoms with van der Waals surface area (Å²) < 4.78 is 11.2. The van der Waals surface area contributed by atoms with E-state index >= 15 is 0 Å². The van der Waals surface area contributed by atoms with Crippen molar-refractivity contribution in [2.45, 2.75) is 26.1 Å². The molecule has 0 radical (unpaired) electrons. The minimum atomic E-state index is -1.05. The molecule has 0 unspecified atom stereocenters. The van der Waals surface area contributed by atoms with E-state index in [1.165, 1.54) is 0 Å². The average Bonchev–Trinajstić information content (AvgIpc) is 2.74. The molecule has 152 valence electrons. The number of ether oxygens (including phenoxy) is 2. The van der Waals surface area contributed by atoms with Crippen LogP contribution in [0.3, 0.4) is 0 Å². The van der Waals surface area contributed by atoms with Crippen LogP contribution in [0.25, 0.3) is 0 Å². The number of nitrogens with zero attached hydrogens (tertiary/aromatic N) is 1. The number of hydrogen-bond donors (Lipinski definition) is 1. The normalized spacial score (nSPS) is 14.6. The Labute approximate surface area is 174 Å². The minimum Gasteiger partial charge on any atom is -0.476 e. The Morgan fingerprint density at radius 3 is 2.43 bits per heavy atom. The highest BCUT2D eigenvalue weighted by Crippen LogP contribution is 2.42. The van der Waals surface area contributed by atoms with Gasteiger partial charge in [-0.05, 0) is 55.8 Å². The standard InChI is InChI=1S/C24H22N2O4/c1-24(2)23(28)26(20-13-10-18(25)14-21(20)30-24)19-11-8-17(9-12-19)22(27)29-15-16-6-4-3-5-7-16/h3-14H,15,25H2,1-2H3. The van der Waals surface area contributed by atoms with Crippen molar-refractivity contribution in [1.29, 1.82) is 0 Å². The molecule has 0 saturated carbocycles. The van der Waals surface area contributed by atoms with Gasteiger partial charge in [0.15, 0.2) is 5.60 Å². The maximum Gasteiger partial charge on any atom is 0.338 e. The lowest BCUT2D eigenvalue weighted by atomic mass is 10.0. The predicted molar refractivity (Wildman–Crippen MR) is 115 cm³/mol. The zero-order valence-corrected chi connectivity index (χ0v) is 16.8. The van der Waals surface area contributed by atoms with Crippen molar-refractivity contribution in [2.24, 2.45) is 0 Å². The summed E-state index contributed by atoms with van der Waals surface area (Å²) in [5.41, 5.74) is 7.94. The highest BCUT2D eigenvalue weighted by molar-refractivity contribution is 6.08. The fraction of sp³-hybridized carbons (Fsp3) is 0.167. The lowest BCUT2D eigenvalue weighted by Gasteiger charge is -2.38. The summed E-state index contributed by atoms with van der Waals surface area (Å²) in [5.74, 6) is -0.0997. The van der Waals surface area contributed by atoms with Crippen molar-refractivity contribution in [2.75, 3.05) is 10.6 Å². The third kappa shape index (κ3) is 3.72. The maximum atomic E-state index is 13.1. The monoisotopic (exact) mass is 402 g/mol. The molecule has 3 aromatic rings. The van der Waals surface area contributed by atoms with Crippen molar-refractivity contribution in [3.8, 4) is 5.75 Å². The molecule has 0 saturated heterocycles. The summed E-state index contributed by atoms with van der Waals surface area (Å²) >= 11 is 0. The van der Waals surface area contributed by atoms with Gasteiger partial charge in [-0.25, -0.2) is 4.79 Å². The Bertz CT molecular complexity index is 1090. The minimum absolute atomic E-state index is 0.201. The molecule has 6 heteroatoms. The zero-order valence-electron chi connectivity index (χ0n) is 16.8. The third-order valence-corrected chi connectivity index (χ3v) is 4.88. The van der Waals surface area contributed by atoms with Crippen molar-refractivity contribution in [1.82, 2.24) is 0 Å². The molecular weight excluding hydrogens is 380 g/mol. The Balaban J connectivity index is 1.57. The fourth-order valence-electron chi connectivity index (χ4n) is 3.30. The smallest absolute Gasteiger partial charge is 0.338 e. The number of carbonyl (C=O) groups excluding carboxylic acids is 2. The molecule has 0 bridgehead atoms. The number of benzene rings is 3. The summed E-state index contributed by atoms with van der Waals surface area (Å²) in [4.78, 5) is 27.0. The summed E-state index contributed by atoms with van der Waals surface area (Å²) in [7, 11) is 0. The molecule has 2 N–H and O–H groups in total. The lowest BCUT2D eigenvalue weighted by Crippen LogP contribution is -2.50. The van der Waals surface area contributed by atoms with Gasteiger partial charge >= 0.3 is 5.97 Å². The Morgan fingerprint density at radius 2 is 1.73 bits per heavy atom. The molecule has 6 nitrogen and oxygen atoms in total. The Kier molecular flexibility index (Phi) is 4.91. The summed E-state index contributed by atoms with van der Waals surface area (Å²) in [6, 6.07) is 21.4. The van der Waals surface area contributed by atoms with Gasteiger partial charge in [0.1, 0.15) is 12.4 Å². The largest absolute Gasteiger partial charge is 0.476 e. The highest BCUT2D eigenvalue weighted by atomic mass is 16.5. The van der Waals surface area contributed by atoms with Gasteiger partial charge in [-0.2, -0.15) is 0 Å². The second-order valence-corrected chi connectivity index (χ2v) is 7.59. The number of nitrogens with two attached hydrogens (primary N) is 1. The van der Waals surface area contributed by atoms with Crippen molar-refractivity contribution < 1.29 is 19.1 Å². The van der Waals surface area contributed by atoms with E-state index in [-0.39, 0.29) is 12.5 Å². The van der Waals surface area contributed by atoms with Gasteiger partial charge in [-0.1, -0.05) is 30.3 Å². The van der Waals surface area contributed by atoms with Crippen LogP contribution < -0.4 is 15.4 Å². The van der Waals surface area contributed by atoms with E-state index in [0.717, 1.165) is 5.56 Å². The number of rotatable bonds is 4. The van der Waals surface area contributed by atoms with Crippen molar-refractivity contribution in [3.05, 3.63) is 83.9 Å². The number of carbonyl (C=O) groups is 2. The van der Waals surface area contributed by atoms with Gasteiger partial charge in [0.05, 0.1) is 11.3 Å². The van der Waals surface area contributed by atoms with Crippen LogP contribution in [0, 0.1) is 0 Å². The molecule has 30 heavy (non-hydrogen) atoms. The number of esters is 1. The topological polar surface area (TPSA) is 81.9 Å². The second kappa shape index (κ2) is 7.55. The Hall–Kier alpha value is -3.80. The first kappa shape index (κ1) is 19.5. The van der Waals surface area contributed by atoms with Crippen molar-refractivity contribution >= 4 is 28.9 Å². The molecule has 1 aliphatic heterocycles. The third-order valence-electron chi connectivity index (χ3n) is 4.88. The van der Waals surface area contributed by atoms with Crippen molar-refractivity contribution in [3.63, 3.8) is 0 Å². The summed E-state index contributed by atoms with van der Waals surface area (Å²) in [6.45, 7) is 3.62. The molecule has 0 spiro atoms. The van der Waals surface area contributed by atoms with Gasteiger partial charge in [-0.15, -0.1) is 0 Å². The first-order valence-electron chi connectivity index (χ1n) is 9.59. The van der Waals surface area contributed by atoms with Gasteiger partial charge in [0.2, 0.25) is 0 Å². The molecule has 0 aliphatic carbocycles. The van der Waals surface area contributed by atoms with E-state index in [1.54, 1.807) is 61.2 Å². The quantitative estimate of drug-likeness (QED) is 0.515. The van der Waals surface area contributed by atoms with Crippen LogP contribution in [0.2, 0.25) is 0 Å². The van der Waals surface area contributed by atoms with E-state index < -0.39 is 11.6 Å². The molecule has 0 atom stereocenters. The summed E-state index contributed by atoms with van der Waals surface area (Å²) in [5, 5.41) is 0. The van der Waals surface area contributed by atoms with E-state index in [9.17, 15) is 9.59 Å². The SMILES string of the molecule is CC1(C)Oc2cc(N)ccc2N(c2ccc(C(=O)OCc3ccccc3)cc2)C1=O.